The van der Waals surface area contributed by atoms with Gasteiger partial charge < -0.3 is 10.2 Å². The zero-order chi connectivity index (χ0) is 16.8. The standard InChI is InChI=1S/C18H24N4O/c1-13(2)11-19-17(23)16-10-14(3)20-18(21-16)22(4)12-15-8-6-5-7-9-15/h5-10,13H,11-12H2,1-4H3,(H,19,23). The highest BCUT2D eigenvalue weighted by atomic mass is 16.1. The molecule has 2 aromatic rings. The van der Waals surface area contributed by atoms with Gasteiger partial charge in [0.2, 0.25) is 5.95 Å². The number of carbonyl (C=O) groups excluding carboxylic acids is 1. The molecule has 0 aliphatic rings. The van der Waals surface area contributed by atoms with Crippen LogP contribution in [0.4, 0.5) is 5.95 Å². The normalized spacial score (nSPS) is 10.7. The second kappa shape index (κ2) is 7.72. The number of hydrogen-bond acceptors (Lipinski definition) is 4. The van der Waals surface area contributed by atoms with Crippen LogP contribution < -0.4 is 10.2 Å². The first-order valence-electron chi connectivity index (χ1n) is 7.84. The van der Waals surface area contributed by atoms with Gasteiger partial charge in [-0.15, -0.1) is 0 Å². The van der Waals surface area contributed by atoms with Crippen molar-refractivity contribution >= 4 is 11.9 Å². The van der Waals surface area contributed by atoms with Crippen LogP contribution in [0.1, 0.15) is 35.6 Å². The number of carbonyl (C=O) groups is 1. The second-order valence-corrected chi connectivity index (χ2v) is 6.14. The van der Waals surface area contributed by atoms with E-state index >= 15 is 0 Å². The SMILES string of the molecule is Cc1cc(C(=O)NCC(C)C)nc(N(C)Cc2ccccc2)n1. The molecule has 0 radical (unpaired) electrons. The van der Waals surface area contributed by atoms with Crippen LogP contribution in [0.15, 0.2) is 36.4 Å². The van der Waals surface area contributed by atoms with Crippen molar-refractivity contribution in [3.05, 3.63) is 53.3 Å². The van der Waals surface area contributed by atoms with E-state index in [1.807, 2.05) is 37.1 Å². The van der Waals surface area contributed by atoms with E-state index in [1.165, 1.54) is 5.56 Å². The van der Waals surface area contributed by atoms with Crippen molar-refractivity contribution in [3.63, 3.8) is 0 Å². The van der Waals surface area contributed by atoms with E-state index in [9.17, 15) is 4.79 Å². The van der Waals surface area contributed by atoms with Crippen molar-refractivity contribution in [1.29, 1.82) is 0 Å². The Morgan fingerprint density at radius 1 is 1.22 bits per heavy atom. The molecule has 5 heteroatoms. The van der Waals surface area contributed by atoms with Crippen LogP contribution in [0.5, 0.6) is 0 Å². The van der Waals surface area contributed by atoms with E-state index in [-0.39, 0.29) is 5.91 Å². The van der Waals surface area contributed by atoms with Gasteiger partial charge in [0.15, 0.2) is 0 Å². The molecular weight excluding hydrogens is 288 g/mol. The molecule has 1 aromatic heterocycles. The molecule has 1 heterocycles. The van der Waals surface area contributed by atoms with Gasteiger partial charge in [-0.3, -0.25) is 4.79 Å². The van der Waals surface area contributed by atoms with Gasteiger partial charge in [0.05, 0.1) is 0 Å². The topological polar surface area (TPSA) is 58.1 Å². The summed E-state index contributed by atoms with van der Waals surface area (Å²) in [5.74, 6) is 0.809. The molecule has 23 heavy (non-hydrogen) atoms. The Hall–Kier alpha value is -2.43. The van der Waals surface area contributed by atoms with Crippen LogP contribution >= 0.6 is 0 Å². The van der Waals surface area contributed by atoms with Gasteiger partial charge in [-0.25, -0.2) is 9.97 Å². The Morgan fingerprint density at radius 2 is 1.91 bits per heavy atom. The predicted octanol–water partition coefficient (Wildman–Crippen LogP) is 2.81. The highest BCUT2D eigenvalue weighted by molar-refractivity contribution is 5.92. The monoisotopic (exact) mass is 312 g/mol. The number of amides is 1. The van der Waals surface area contributed by atoms with Crippen LogP contribution in [-0.2, 0) is 6.54 Å². The third-order valence-electron chi connectivity index (χ3n) is 3.35. The van der Waals surface area contributed by atoms with Crippen LogP contribution in [0.25, 0.3) is 0 Å². The maximum atomic E-state index is 12.2. The van der Waals surface area contributed by atoms with Crippen molar-refractivity contribution in [3.8, 4) is 0 Å². The van der Waals surface area contributed by atoms with E-state index in [4.69, 9.17) is 0 Å². The maximum absolute atomic E-state index is 12.2. The van der Waals surface area contributed by atoms with Gasteiger partial charge in [0.25, 0.3) is 5.91 Å². The van der Waals surface area contributed by atoms with Gasteiger partial charge in [-0.05, 0) is 24.5 Å². The van der Waals surface area contributed by atoms with Crippen LogP contribution in [0.3, 0.4) is 0 Å². The lowest BCUT2D eigenvalue weighted by atomic mass is 10.2. The molecule has 1 amide bonds. The number of rotatable bonds is 6. The molecule has 1 N–H and O–H groups in total. The van der Waals surface area contributed by atoms with Crippen LogP contribution in [-0.4, -0.2) is 29.5 Å². The minimum absolute atomic E-state index is 0.154. The summed E-state index contributed by atoms with van der Waals surface area (Å²) in [6.07, 6.45) is 0. The van der Waals surface area contributed by atoms with Crippen LogP contribution in [0.2, 0.25) is 0 Å². The number of aryl methyl sites for hydroxylation is 1. The highest BCUT2D eigenvalue weighted by Crippen LogP contribution is 2.12. The first kappa shape index (κ1) is 16.9. The molecule has 0 atom stereocenters. The molecular formula is C18H24N4O. The first-order valence-corrected chi connectivity index (χ1v) is 7.84. The van der Waals surface area contributed by atoms with E-state index in [2.05, 4.69) is 41.3 Å². The average molecular weight is 312 g/mol. The lowest BCUT2D eigenvalue weighted by Gasteiger charge is -2.18. The van der Waals surface area contributed by atoms with E-state index < -0.39 is 0 Å². The number of hydrogen-bond donors (Lipinski definition) is 1. The Bertz CT molecular complexity index is 655. The fraction of sp³-hybridized carbons (Fsp3) is 0.389. The maximum Gasteiger partial charge on any atom is 0.270 e. The third-order valence-corrected chi connectivity index (χ3v) is 3.35. The Balaban J connectivity index is 2.14. The summed E-state index contributed by atoms with van der Waals surface area (Å²) in [4.78, 5) is 23.0. The van der Waals surface area contributed by atoms with Gasteiger partial charge in [-0.1, -0.05) is 44.2 Å². The Kier molecular flexibility index (Phi) is 5.68. The predicted molar refractivity (Wildman–Crippen MR) is 92.5 cm³/mol. The summed E-state index contributed by atoms with van der Waals surface area (Å²) in [6.45, 7) is 7.32. The van der Waals surface area contributed by atoms with E-state index in [1.54, 1.807) is 6.07 Å². The fourth-order valence-corrected chi connectivity index (χ4v) is 2.16. The number of anilines is 1. The Morgan fingerprint density at radius 3 is 2.57 bits per heavy atom. The molecule has 0 spiro atoms. The molecule has 122 valence electrons. The minimum atomic E-state index is -0.154. The quantitative estimate of drug-likeness (QED) is 0.891. The van der Waals surface area contributed by atoms with Crippen molar-refractivity contribution in [2.24, 2.45) is 5.92 Å². The minimum Gasteiger partial charge on any atom is -0.350 e. The molecule has 0 unspecified atom stereocenters. The van der Waals surface area contributed by atoms with Crippen LogP contribution in [0, 0.1) is 12.8 Å². The first-order chi connectivity index (χ1) is 11.0. The molecule has 0 aliphatic carbocycles. The third kappa shape index (κ3) is 5.06. The number of aromatic nitrogens is 2. The Labute approximate surface area is 137 Å². The molecule has 0 aliphatic heterocycles. The summed E-state index contributed by atoms with van der Waals surface area (Å²) in [6, 6.07) is 11.8. The zero-order valence-corrected chi connectivity index (χ0v) is 14.2. The largest absolute Gasteiger partial charge is 0.350 e. The van der Waals surface area contributed by atoms with Gasteiger partial charge in [0.1, 0.15) is 5.69 Å². The average Bonchev–Trinajstić information content (AvgIpc) is 2.52. The molecule has 1 aromatic carbocycles. The molecule has 0 saturated heterocycles. The summed E-state index contributed by atoms with van der Waals surface area (Å²) in [7, 11) is 1.93. The lowest BCUT2D eigenvalue weighted by Crippen LogP contribution is -2.29. The smallest absolute Gasteiger partial charge is 0.270 e. The number of nitrogens with zero attached hydrogens (tertiary/aromatic N) is 3. The molecule has 0 saturated carbocycles. The summed E-state index contributed by atoms with van der Waals surface area (Å²) < 4.78 is 0. The van der Waals surface area contributed by atoms with E-state index in [0.717, 1.165) is 5.69 Å². The molecule has 0 fully saturated rings. The zero-order valence-electron chi connectivity index (χ0n) is 14.2. The number of benzene rings is 1. The van der Waals surface area contributed by atoms with Gasteiger partial charge in [-0.2, -0.15) is 0 Å². The summed E-state index contributed by atoms with van der Waals surface area (Å²) >= 11 is 0. The lowest BCUT2D eigenvalue weighted by molar-refractivity contribution is 0.0944. The molecule has 2 rings (SSSR count). The highest BCUT2D eigenvalue weighted by Gasteiger charge is 2.13. The van der Waals surface area contributed by atoms with Crippen molar-refractivity contribution in [2.75, 3.05) is 18.5 Å². The van der Waals surface area contributed by atoms with Crippen molar-refractivity contribution < 1.29 is 4.79 Å². The summed E-state index contributed by atoms with van der Waals surface area (Å²) in [5.41, 5.74) is 2.36. The second-order valence-electron chi connectivity index (χ2n) is 6.14. The van der Waals surface area contributed by atoms with Crippen molar-refractivity contribution in [1.82, 2.24) is 15.3 Å². The molecule has 0 bridgehead atoms. The molecule has 5 nitrogen and oxygen atoms in total. The summed E-state index contributed by atoms with van der Waals surface area (Å²) in [5, 5.41) is 2.89. The fourth-order valence-electron chi connectivity index (χ4n) is 2.16. The van der Waals surface area contributed by atoms with Gasteiger partial charge >= 0.3 is 0 Å². The van der Waals surface area contributed by atoms with E-state index in [0.29, 0.717) is 30.6 Å². The number of nitrogens with one attached hydrogen (secondary N) is 1. The van der Waals surface area contributed by atoms with Crippen molar-refractivity contribution in [2.45, 2.75) is 27.3 Å². The van der Waals surface area contributed by atoms with Gasteiger partial charge in [0, 0.05) is 25.8 Å².